The molecule has 0 aliphatic carbocycles. The van der Waals surface area contributed by atoms with Gasteiger partial charge in [0.15, 0.2) is 0 Å². The summed E-state index contributed by atoms with van der Waals surface area (Å²) in [4.78, 5) is 48.3. The highest BCUT2D eigenvalue weighted by molar-refractivity contribution is 5.87. The lowest BCUT2D eigenvalue weighted by Gasteiger charge is -2.30. The molecule has 2 aliphatic heterocycles. The van der Waals surface area contributed by atoms with Gasteiger partial charge in [-0.1, -0.05) is 50.2 Å². The number of H-pyrrole nitrogens is 2. The predicted octanol–water partition coefficient (Wildman–Crippen LogP) is 6.15. The maximum absolute atomic E-state index is 13.5. The fourth-order valence-corrected chi connectivity index (χ4v) is 6.74. The van der Waals surface area contributed by atoms with E-state index in [9.17, 15) is 9.59 Å². The normalized spacial score (nSPS) is 18.6. The minimum Gasteiger partial charge on any atom is -0.453 e. The van der Waals surface area contributed by atoms with Crippen LogP contribution in [-0.2, 0) is 9.53 Å². The van der Waals surface area contributed by atoms with E-state index in [1.165, 1.54) is 24.6 Å². The molecule has 242 valence electrons. The second-order valence-electron chi connectivity index (χ2n) is 12.8. The van der Waals surface area contributed by atoms with Crippen molar-refractivity contribution in [3.05, 3.63) is 78.6 Å². The number of nitrogens with one attached hydrogen (secondary N) is 4. The zero-order valence-corrected chi connectivity index (χ0v) is 26.9. The van der Waals surface area contributed by atoms with Gasteiger partial charge in [0.2, 0.25) is 5.91 Å². The molecule has 3 atom stereocenters. The minimum atomic E-state index is -0.669. The van der Waals surface area contributed by atoms with E-state index < -0.39 is 12.1 Å². The van der Waals surface area contributed by atoms with Crippen LogP contribution in [0.4, 0.5) is 4.79 Å². The van der Waals surface area contributed by atoms with E-state index in [2.05, 4.69) is 49.9 Å². The largest absolute Gasteiger partial charge is 0.453 e. The van der Waals surface area contributed by atoms with Crippen LogP contribution in [0.1, 0.15) is 63.1 Å². The van der Waals surface area contributed by atoms with Crippen LogP contribution >= 0.6 is 0 Å². The minimum absolute atomic E-state index is 0.0873. The molecule has 0 radical (unpaired) electrons. The molecule has 11 heteroatoms. The molecular weight excluding hydrogens is 592 g/mol. The van der Waals surface area contributed by atoms with Gasteiger partial charge in [-0.05, 0) is 61.2 Å². The number of alkyl carbamates (subject to hydrolysis) is 1. The quantitative estimate of drug-likeness (QED) is 0.161. The lowest BCUT2D eigenvalue weighted by molar-refractivity contribution is -0.135. The van der Waals surface area contributed by atoms with Crippen molar-refractivity contribution in [2.45, 2.75) is 57.7 Å². The van der Waals surface area contributed by atoms with Crippen molar-refractivity contribution >= 4 is 22.9 Å². The summed E-state index contributed by atoms with van der Waals surface area (Å²) in [5.74, 6) is 0.523. The second-order valence-corrected chi connectivity index (χ2v) is 12.8. The maximum atomic E-state index is 13.5. The number of carbonyl (C=O) groups excluding carboxylic acids is 2. The van der Waals surface area contributed by atoms with E-state index in [-0.39, 0.29) is 17.9 Å². The highest BCUT2D eigenvalue weighted by Crippen LogP contribution is 2.33. The fourth-order valence-electron chi connectivity index (χ4n) is 6.74. The van der Waals surface area contributed by atoms with Gasteiger partial charge < -0.3 is 30.2 Å². The summed E-state index contributed by atoms with van der Waals surface area (Å²) in [7, 11) is 1.30. The number of amides is 2. The van der Waals surface area contributed by atoms with Crippen LogP contribution in [0.5, 0.6) is 0 Å². The number of aromatic amines is 2. The number of likely N-dealkylation sites (tertiary alicyclic amines) is 1. The average Bonchev–Trinajstić information content (AvgIpc) is 3.93. The molecule has 2 aliphatic rings. The molecule has 2 aromatic carbocycles. The standard InChI is InChI=1S/C36H40N8O3/c1-21(2)33(43-36(46)47-3)35(45)44-15-5-7-32(44)34-40-20-31(42-34)23-10-8-22(9-11-23)29-18-39-30(19-38-29)25-13-12-24-17-28(41-27(24)16-25)26-6-4-14-37-26/h8-13,16-21,26,32-33,37,41H,4-7,14-15H2,1-3H3,(H,40,42)(H,43,46)/t26-,32-,33-/m0/s1. The number of nitrogens with zero attached hydrogens (tertiary/aromatic N) is 4. The Bertz CT molecular complexity index is 1870. The van der Waals surface area contributed by atoms with E-state index in [0.717, 1.165) is 70.9 Å². The molecule has 2 saturated heterocycles. The molecule has 3 aromatic heterocycles. The first-order chi connectivity index (χ1) is 22.9. The predicted molar refractivity (Wildman–Crippen MR) is 180 cm³/mol. The molecule has 0 saturated carbocycles. The molecule has 11 nitrogen and oxygen atoms in total. The van der Waals surface area contributed by atoms with Gasteiger partial charge in [-0.2, -0.15) is 0 Å². The van der Waals surface area contributed by atoms with Crippen LogP contribution in [0, 0.1) is 5.92 Å². The van der Waals surface area contributed by atoms with Crippen molar-refractivity contribution in [1.82, 2.24) is 40.5 Å². The van der Waals surface area contributed by atoms with Crippen molar-refractivity contribution in [3.63, 3.8) is 0 Å². The molecule has 0 bridgehead atoms. The highest BCUT2D eigenvalue weighted by atomic mass is 16.5. The van der Waals surface area contributed by atoms with Crippen LogP contribution < -0.4 is 10.6 Å². The molecule has 0 spiro atoms. The van der Waals surface area contributed by atoms with Gasteiger partial charge in [0.1, 0.15) is 11.9 Å². The Morgan fingerprint density at radius 1 is 0.894 bits per heavy atom. The van der Waals surface area contributed by atoms with Crippen LogP contribution in [0.25, 0.3) is 44.7 Å². The second kappa shape index (κ2) is 13.0. The molecule has 7 rings (SSSR count). The van der Waals surface area contributed by atoms with E-state index in [0.29, 0.717) is 12.6 Å². The summed E-state index contributed by atoms with van der Waals surface area (Å²) < 4.78 is 4.75. The number of carbonyl (C=O) groups is 2. The van der Waals surface area contributed by atoms with Gasteiger partial charge in [-0.25, -0.2) is 9.78 Å². The number of rotatable bonds is 8. The summed E-state index contributed by atoms with van der Waals surface area (Å²) in [6, 6.07) is 16.3. The Kier molecular flexibility index (Phi) is 8.46. The monoisotopic (exact) mass is 632 g/mol. The Morgan fingerprint density at radius 2 is 1.64 bits per heavy atom. The summed E-state index contributed by atoms with van der Waals surface area (Å²) in [5.41, 5.74) is 7.81. The number of hydrogen-bond acceptors (Lipinski definition) is 7. The van der Waals surface area contributed by atoms with Gasteiger partial charge in [0.25, 0.3) is 0 Å². The molecule has 4 N–H and O–H groups in total. The van der Waals surface area contributed by atoms with E-state index >= 15 is 0 Å². The Labute approximate surface area is 273 Å². The van der Waals surface area contributed by atoms with Crippen molar-refractivity contribution in [1.29, 1.82) is 0 Å². The van der Waals surface area contributed by atoms with Gasteiger partial charge in [-0.15, -0.1) is 0 Å². The number of ether oxygens (including phenoxy) is 1. The molecule has 2 fully saturated rings. The zero-order valence-electron chi connectivity index (χ0n) is 26.9. The topological polar surface area (TPSA) is 141 Å². The first-order valence-electron chi connectivity index (χ1n) is 16.4. The number of hydrogen-bond donors (Lipinski definition) is 4. The van der Waals surface area contributed by atoms with Crippen molar-refractivity contribution in [3.8, 4) is 33.8 Å². The average molecular weight is 633 g/mol. The highest BCUT2D eigenvalue weighted by Gasteiger charge is 2.37. The Morgan fingerprint density at radius 3 is 2.34 bits per heavy atom. The third-order valence-electron chi connectivity index (χ3n) is 9.36. The van der Waals surface area contributed by atoms with Crippen LogP contribution in [0.15, 0.2) is 67.1 Å². The SMILES string of the molecule is COC(=O)N[C@H](C(=O)N1CCC[C@H]1c1ncc(-c2ccc(-c3cnc(-c4ccc5cc([C@@H]6CCCN6)[nH]c5c4)cn3)cc2)[nH]1)C(C)C. The fraction of sp³-hybridized carbons (Fsp3) is 0.361. The van der Waals surface area contributed by atoms with Gasteiger partial charge in [0.05, 0.1) is 48.8 Å². The summed E-state index contributed by atoms with van der Waals surface area (Å²) in [6.07, 6.45) is 8.87. The first kappa shape index (κ1) is 30.6. The molecule has 47 heavy (non-hydrogen) atoms. The number of benzene rings is 2. The summed E-state index contributed by atoms with van der Waals surface area (Å²) in [5, 5.41) is 7.46. The van der Waals surface area contributed by atoms with Crippen LogP contribution in [-0.4, -0.2) is 68.1 Å². The van der Waals surface area contributed by atoms with Crippen molar-refractivity contribution in [2.75, 3.05) is 20.2 Å². The lowest BCUT2D eigenvalue weighted by atomic mass is 10.0. The lowest BCUT2D eigenvalue weighted by Crippen LogP contribution is -2.51. The molecular formula is C36H40N8O3. The number of fused-ring (bicyclic) bond motifs is 1. The van der Waals surface area contributed by atoms with Crippen molar-refractivity contribution < 1.29 is 14.3 Å². The van der Waals surface area contributed by atoms with Crippen LogP contribution in [0.3, 0.4) is 0 Å². The van der Waals surface area contributed by atoms with E-state index in [1.807, 2.05) is 55.4 Å². The third-order valence-corrected chi connectivity index (χ3v) is 9.36. The summed E-state index contributed by atoms with van der Waals surface area (Å²) in [6.45, 7) is 5.50. The molecule has 0 unspecified atom stereocenters. The van der Waals surface area contributed by atoms with Crippen LogP contribution in [0.2, 0.25) is 0 Å². The van der Waals surface area contributed by atoms with Crippen molar-refractivity contribution in [2.24, 2.45) is 5.92 Å². The van der Waals surface area contributed by atoms with E-state index in [1.54, 1.807) is 6.20 Å². The van der Waals surface area contributed by atoms with Gasteiger partial charge >= 0.3 is 6.09 Å². The number of aromatic nitrogens is 5. The molecule has 5 aromatic rings. The van der Waals surface area contributed by atoms with Gasteiger partial charge in [-0.3, -0.25) is 14.8 Å². The number of imidazole rings is 1. The zero-order chi connectivity index (χ0) is 32.5. The maximum Gasteiger partial charge on any atom is 0.407 e. The van der Waals surface area contributed by atoms with E-state index in [4.69, 9.17) is 14.7 Å². The number of methoxy groups -OCH3 is 1. The smallest absolute Gasteiger partial charge is 0.407 e. The Balaban J connectivity index is 1.03. The Hall–Kier alpha value is -5.03. The van der Waals surface area contributed by atoms with Gasteiger partial charge in [0, 0.05) is 34.9 Å². The molecule has 5 heterocycles. The summed E-state index contributed by atoms with van der Waals surface area (Å²) >= 11 is 0. The third kappa shape index (κ3) is 6.23. The molecule has 2 amide bonds. The first-order valence-corrected chi connectivity index (χ1v) is 16.4.